The summed E-state index contributed by atoms with van der Waals surface area (Å²) in [6.45, 7) is 0.875. The minimum absolute atomic E-state index is 0.315. The highest BCUT2D eigenvalue weighted by Crippen LogP contribution is 2.22. The summed E-state index contributed by atoms with van der Waals surface area (Å²) in [4.78, 5) is 1.32. The predicted molar refractivity (Wildman–Crippen MR) is 83.5 cm³/mol. The van der Waals surface area contributed by atoms with Crippen molar-refractivity contribution in [1.29, 1.82) is 0 Å². The summed E-state index contributed by atoms with van der Waals surface area (Å²) in [5, 5.41) is 3.51. The van der Waals surface area contributed by atoms with E-state index in [1.54, 1.807) is 11.3 Å². The number of thiophene rings is 1. The van der Waals surface area contributed by atoms with Gasteiger partial charge in [-0.25, -0.2) is 0 Å². The van der Waals surface area contributed by atoms with Gasteiger partial charge in [-0.05, 0) is 40.0 Å². The summed E-state index contributed by atoms with van der Waals surface area (Å²) in [5.74, 6) is 0.626. The van der Waals surface area contributed by atoms with Gasteiger partial charge in [0.05, 0.1) is 3.79 Å². The minimum Gasteiger partial charge on any atom is -0.308 e. The monoisotopic (exact) mass is 343 g/mol. The molecule has 0 radical (unpaired) electrons. The van der Waals surface area contributed by atoms with Crippen LogP contribution >= 0.6 is 38.9 Å². The molecule has 0 fully saturated rings. The zero-order chi connectivity index (χ0) is 12.8. The largest absolute Gasteiger partial charge is 0.308 e. The van der Waals surface area contributed by atoms with E-state index in [4.69, 9.17) is 11.6 Å². The molecule has 0 aliphatic heterocycles. The molecule has 1 heterocycles. The normalized spacial score (nSPS) is 12.6. The van der Waals surface area contributed by atoms with Crippen LogP contribution in [0.25, 0.3) is 0 Å². The van der Waals surface area contributed by atoms with Gasteiger partial charge in [0.25, 0.3) is 0 Å². The number of alkyl halides is 1. The lowest BCUT2D eigenvalue weighted by Gasteiger charge is -2.15. The van der Waals surface area contributed by atoms with Gasteiger partial charge >= 0.3 is 0 Å². The Hall–Kier alpha value is -0.350. The van der Waals surface area contributed by atoms with Crippen molar-refractivity contribution in [1.82, 2.24) is 5.32 Å². The second-order valence-electron chi connectivity index (χ2n) is 4.13. The number of benzene rings is 1. The average Bonchev–Trinajstić information content (AvgIpc) is 2.81. The molecule has 1 aromatic heterocycles. The van der Waals surface area contributed by atoms with E-state index in [9.17, 15) is 0 Å². The van der Waals surface area contributed by atoms with E-state index >= 15 is 0 Å². The standard InChI is InChI=1S/C14H15BrClNS/c15-14-7-6-13(18-14)10-17-12(9-16)8-11-4-2-1-3-5-11/h1-7,12,17H,8-10H2. The Morgan fingerprint density at radius 2 is 1.94 bits per heavy atom. The summed E-state index contributed by atoms with van der Waals surface area (Å²) >= 11 is 11.3. The maximum Gasteiger partial charge on any atom is 0.0701 e. The smallest absolute Gasteiger partial charge is 0.0701 e. The van der Waals surface area contributed by atoms with E-state index in [0.29, 0.717) is 11.9 Å². The van der Waals surface area contributed by atoms with Crippen LogP contribution in [0.15, 0.2) is 46.3 Å². The Morgan fingerprint density at radius 1 is 1.17 bits per heavy atom. The number of hydrogen-bond acceptors (Lipinski definition) is 2. The number of hydrogen-bond donors (Lipinski definition) is 1. The second kappa shape index (κ2) is 7.29. The summed E-state index contributed by atoms with van der Waals surface area (Å²) in [5.41, 5.74) is 1.32. The van der Waals surface area contributed by atoms with Crippen LogP contribution in [0.3, 0.4) is 0 Å². The highest BCUT2D eigenvalue weighted by Gasteiger charge is 2.08. The van der Waals surface area contributed by atoms with Crippen molar-refractivity contribution in [2.45, 2.75) is 19.0 Å². The van der Waals surface area contributed by atoms with E-state index in [2.05, 4.69) is 57.6 Å². The summed E-state index contributed by atoms with van der Waals surface area (Å²) < 4.78 is 1.17. The van der Waals surface area contributed by atoms with Crippen molar-refractivity contribution in [3.05, 3.63) is 56.7 Å². The molecule has 1 atom stereocenters. The molecule has 0 saturated heterocycles. The van der Waals surface area contributed by atoms with Crippen LogP contribution < -0.4 is 5.32 Å². The van der Waals surface area contributed by atoms with Gasteiger partial charge in [-0.3, -0.25) is 0 Å². The maximum atomic E-state index is 6.02. The lowest BCUT2D eigenvalue weighted by Crippen LogP contribution is -2.32. The van der Waals surface area contributed by atoms with Crippen LogP contribution in [0.5, 0.6) is 0 Å². The second-order valence-corrected chi connectivity index (χ2v) is 6.98. The molecule has 0 aliphatic carbocycles. The zero-order valence-electron chi connectivity index (χ0n) is 9.90. The van der Waals surface area contributed by atoms with Crippen molar-refractivity contribution in [3.63, 3.8) is 0 Å². The predicted octanol–water partition coefficient (Wildman–Crippen LogP) is 4.45. The molecular weight excluding hydrogens is 330 g/mol. The van der Waals surface area contributed by atoms with Gasteiger partial charge in [-0.15, -0.1) is 22.9 Å². The third-order valence-corrected chi connectivity index (χ3v) is 4.70. The van der Waals surface area contributed by atoms with Crippen LogP contribution in [0.4, 0.5) is 0 Å². The minimum atomic E-state index is 0.315. The fourth-order valence-electron chi connectivity index (χ4n) is 1.77. The first-order valence-electron chi connectivity index (χ1n) is 5.85. The Kier molecular flexibility index (Phi) is 5.70. The average molecular weight is 345 g/mol. The third kappa shape index (κ3) is 4.39. The Labute approximate surface area is 125 Å². The fourth-order valence-corrected chi connectivity index (χ4v) is 3.42. The molecule has 0 saturated carbocycles. The molecule has 0 spiro atoms. The Balaban J connectivity index is 1.86. The lowest BCUT2D eigenvalue weighted by molar-refractivity contribution is 0.553. The van der Waals surface area contributed by atoms with E-state index in [1.807, 2.05) is 6.07 Å². The van der Waals surface area contributed by atoms with E-state index in [0.717, 1.165) is 13.0 Å². The van der Waals surface area contributed by atoms with E-state index in [-0.39, 0.29) is 0 Å². The van der Waals surface area contributed by atoms with Gasteiger partial charge in [-0.2, -0.15) is 0 Å². The molecule has 1 aromatic carbocycles. The molecule has 4 heteroatoms. The van der Waals surface area contributed by atoms with Crippen LogP contribution in [0.1, 0.15) is 10.4 Å². The van der Waals surface area contributed by atoms with Gasteiger partial charge in [0, 0.05) is 23.3 Å². The van der Waals surface area contributed by atoms with Crippen LogP contribution in [-0.4, -0.2) is 11.9 Å². The number of nitrogens with one attached hydrogen (secondary N) is 1. The molecule has 0 aliphatic rings. The van der Waals surface area contributed by atoms with Gasteiger partial charge in [0.1, 0.15) is 0 Å². The van der Waals surface area contributed by atoms with Crippen LogP contribution in [0, 0.1) is 0 Å². The first-order chi connectivity index (χ1) is 8.78. The van der Waals surface area contributed by atoms with Gasteiger partial charge < -0.3 is 5.32 Å². The van der Waals surface area contributed by atoms with Crippen molar-refractivity contribution >= 4 is 38.9 Å². The van der Waals surface area contributed by atoms with Crippen molar-refractivity contribution in [2.75, 3.05) is 5.88 Å². The summed E-state index contributed by atoms with van der Waals surface area (Å²) in [7, 11) is 0. The van der Waals surface area contributed by atoms with Gasteiger partial charge in [0.15, 0.2) is 0 Å². The number of halogens is 2. The third-order valence-electron chi connectivity index (χ3n) is 2.71. The topological polar surface area (TPSA) is 12.0 Å². The molecule has 2 rings (SSSR count). The molecule has 1 nitrogen and oxygen atoms in total. The summed E-state index contributed by atoms with van der Waals surface area (Å²) in [6.07, 6.45) is 0.969. The maximum absolute atomic E-state index is 6.02. The Bertz CT molecular complexity index is 472. The summed E-state index contributed by atoms with van der Waals surface area (Å²) in [6, 6.07) is 15.0. The molecular formula is C14H15BrClNS. The van der Waals surface area contributed by atoms with Crippen molar-refractivity contribution < 1.29 is 0 Å². The van der Waals surface area contributed by atoms with E-state index < -0.39 is 0 Å². The quantitative estimate of drug-likeness (QED) is 0.763. The molecule has 0 bridgehead atoms. The molecule has 0 amide bonds. The SMILES string of the molecule is ClCC(Cc1ccccc1)NCc1ccc(Br)s1. The van der Waals surface area contributed by atoms with E-state index in [1.165, 1.54) is 14.2 Å². The first-order valence-corrected chi connectivity index (χ1v) is 8.00. The highest BCUT2D eigenvalue weighted by molar-refractivity contribution is 9.11. The lowest BCUT2D eigenvalue weighted by atomic mass is 10.1. The van der Waals surface area contributed by atoms with Crippen LogP contribution in [0.2, 0.25) is 0 Å². The molecule has 18 heavy (non-hydrogen) atoms. The number of rotatable bonds is 6. The fraction of sp³-hybridized carbons (Fsp3) is 0.286. The van der Waals surface area contributed by atoms with Gasteiger partial charge in [-0.1, -0.05) is 30.3 Å². The molecule has 1 N–H and O–H groups in total. The Morgan fingerprint density at radius 3 is 2.56 bits per heavy atom. The van der Waals surface area contributed by atoms with Crippen molar-refractivity contribution in [2.24, 2.45) is 0 Å². The van der Waals surface area contributed by atoms with Gasteiger partial charge in [0.2, 0.25) is 0 Å². The highest BCUT2D eigenvalue weighted by atomic mass is 79.9. The van der Waals surface area contributed by atoms with Crippen LogP contribution in [-0.2, 0) is 13.0 Å². The molecule has 1 unspecified atom stereocenters. The zero-order valence-corrected chi connectivity index (χ0v) is 13.1. The molecule has 96 valence electrons. The first kappa shape index (κ1) is 14.1. The van der Waals surface area contributed by atoms with Crippen molar-refractivity contribution in [3.8, 4) is 0 Å². The molecule has 2 aromatic rings.